The number of pyridine rings is 1. The molecule has 3 aliphatic carbocycles. The summed E-state index contributed by atoms with van der Waals surface area (Å²) in [5, 5.41) is 6.60. The molecule has 5 fully saturated rings. The highest BCUT2D eigenvalue weighted by atomic mass is 32.2. The highest BCUT2D eigenvalue weighted by Gasteiger charge is 2.63. The van der Waals surface area contributed by atoms with E-state index in [1.54, 1.807) is 25.0 Å². The van der Waals surface area contributed by atoms with E-state index < -0.39 is 62.1 Å². The predicted octanol–water partition coefficient (Wildman–Crippen LogP) is 3.62. The zero-order valence-corrected chi connectivity index (χ0v) is 33.1. The number of carbonyl (C=O) groups is 4. The fourth-order valence-electron chi connectivity index (χ4n) is 7.98. The van der Waals surface area contributed by atoms with E-state index >= 15 is 0 Å². The number of rotatable bonds is 9. The quantitative estimate of drug-likeness (QED) is 0.317. The van der Waals surface area contributed by atoms with Crippen molar-refractivity contribution >= 4 is 44.7 Å². The Labute approximate surface area is 327 Å². The summed E-state index contributed by atoms with van der Waals surface area (Å²) in [6, 6.07) is 3.15. The Morgan fingerprint density at radius 3 is 2.48 bits per heavy atom. The number of nitrogens with zero attached hydrogens (tertiary/aromatic N) is 3. The van der Waals surface area contributed by atoms with Crippen molar-refractivity contribution < 1.29 is 41.8 Å². The zero-order chi connectivity index (χ0) is 39.4. The second-order valence-corrected chi connectivity index (χ2v) is 18.8. The van der Waals surface area contributed by atoms with Crippen LogP contribution in [0.5, 0.6) is 17.4 Å². The highest BCUT2D eigenvalue weighted by Crippen LogP contribution is 2.48. The molecule has 1 aromatic carbocycles. The van der Waals surface area contributed by atoms with Gasteiger partial charge in [0.25, 0.3) is 5.91 Å². The summed E-state index contributed by atoms with van der Waals surface area (Å²) in [5.74, 6) is -0.673. The fourth-order valence-corrected chi connectivity index (χ4v) is 9.29. The molecule has 0 radical (unpaired) electrons. The molecule has 6 aliphatic rings. The van der Waals surface area contributed by atoms with E-state index in [0.29, 0.717) is 73.5 Å². The number of urea groups is 1. The van der Waals surface area contributed by atoms with Crippen LogP contribution in [0.1, 0.15) is 89.5 Å². The lowest BCUT2D eigenvalue weighted by atomic mass is 10.0. The molecule has 15 nitrogen and oxygen atoms in total. The van der Waals surface area contributed by atoms with Crippen molar-refractivity contribution in [3.05, 3.63) is 35.9 Å². The van der Waals surface area contributed by atoms with Crippen LogP contribution in [0, 0.1) is 12.8 Å². The number of aryl methyl sites for hydroxylation is 1. The molecule has 2 saturated heterocycles. The Bertz CT molecular complexity index is 2060. The Kier molecular flexibility index (Phi) is 10.1. The van der Waals surface area contributed by atoms with E-state index in [2.05, 4.69) is 15.4 Å². The summed E-state index contributed by atoms with van der Waals surface area (Å²) in [6.07, 6.45) is 10.6. The van der Waals surface area contributed by atoms with Gasteiger partial charge >= 0.3 is 6.03 Å². The van der Waals surface area contributed by atoms with Gasteiger partial charge in [-0.25, -0.2) is 18.2 Å². The molecule has 0 unspecified atom stereocenters. The number of likely N-dealkylation sites (tertiary alicyclic amines) is 1. The molecular weight excluding hydrogens is 741 g/mol. The van der Waals surface area contributed by atoms with Crippen LogP contribution >= 0.6 is 0 Å². The molecule has 0 spiro atoms. The third kappa shape index (κ3) is 7.48. The minimum absolute atomic E-state index is 0.0278. The Morgan fingerprint density at radius 2 is 1.79 bits per heavy atom. The summed E-state index contributed by atoms with van der Waals surface area (Å²) < 4.78 is 46.0. The minimum Gasteiger partial charge on any atom is -0.496 e. The summed E-state index contributed by atoms with van der Waals surface area (Å²) in [5.41, 5.74) is -0.0544. The molecule has 0 bridgehead atoms. The average Bonchev–Trinajstić information content (AvgIpc) is 4.09. The molecule has 3 N–H and O–H groups in total. The van der Waals surface area contributed by atoms with Crippen LogP contribution in [0.3, 0.4) is 0 Å². The van der Waals surface area contributed by atoms with Crippen molar-refractivity contribution in [2.75, 3.05) is 26.7 Å². The van der Waals surface area contributed by atoms with Gasteiger partial charge in [-0.05, 0) is 83.8 Å². The van der Waals surface area contributed by atoms with Gasteiger partial charge in [0.1, 0.15) is 41.3 Å². The number of benzene rings is 1. The molecule has 4 heterocycles. The van der Waals surface area contributed by atoms with Gasteiger partial charge in [0.05, 0.1) is 23.9 Å². The number of fused-ring (bicyclic) bond motifs is 3. The number of ether oxygens (including phenoxy) is 3. The number of aromatic nitrogens is 1. The van der Waals surface area contributed by atoms with Crippen LogP contribution in [-0.4, -0.2) is 108 Å². The number of amides is 5. The highest BCUT2D eigenvalue weighted by molar-refractivity contribution is 7.91. The van der Waals surface area contributed by atoms with E-state index in [1.165, 1.54) is 4.90 Å². The van der Waals surface area contributed by atoms with E-state index in [4.69, 9.17) is 19.2 Å². The Morgan fingerprint density at radius 1 is 1.00 bits per heavy atom. The predicted molar refractivity (Wildman–Crippen MR) is 206 cm³/mol. The van der Waals surface area contributed by atoms with Crippen LogP contribution in [0.4, 0.5) is 4.79 Å². The maximum atomic E-state index is 14.6. The average molecular weight is 793 g/mol. The third-order valence-electron chi connectivity index (χ3n) is 12.4. The first-order valence-corrected chi connectivity index (χ1v) is 21.5. The molecule has 1 aromatic heterocycles. The Balaban J connectivity index is 1.11. The van der Waals surface area contributed by atoms with E-state index in [0.717, 1.165) is 37.7 Å². The van der Waals surface area contributed by atoms with Gasteiger partial charge in [-0.2, -0.15) is 0 Å². The van der Waals surface area contributed by atoms with Gasteiger partial charge in [0.2, 0.25) is 27.7 Å². The third-order valence-corrected chi connectivity index (χ3v) is 14.5. The number of methoxy groups -OCH3 is 1. The standard InChI is InChI=1S/C40H52N6O9S/c1-24-31(53-3)15-14-28-32(21-33(42-34(24)28)55-26-12-13-26)54-27-20-30-35(47)43-40(37(49)44-56(51,52)39(2)16-17-39)22-25(40)10-7-5-4-6-8-11-29(36(48)46(30)23-27)41-38(50)45-18-9-19-45/h7,10,14-15,21,25-27,29-30H,4-6,8-9,11-13,16-20,22-23H2,1-3H3,(H,41,50)(H,43,47)(H,44,49)/b10-7-/t25-,27-,29+,30+,40-/m1/s1. The lowest BCUT2D eigenvalue weighted by Crippen LogP contribution is -2.59. The minimum atomic E-state index is -3.98. The summed E-state index contributed by atoms with van der Waals surface area (Å²) in [4.78, 5) is 64.2. The number of hydrogen-bond acceptors (Lipinski definition) is 10. The summed E-state index contributed by atoms with van der Waals surface area (Å²) >= 11 is 0. The number of nitrogens with one attached hydrogen (secondary N) is 3. The van der Waals surface area contributed by atoms with Crippen molar-refractivity contribution in [2.45, 2.75) is 125 Å². The number of allylic oxidation sites excluding steroid dienone is 1. The molecular formula is C40H52N6O9S. The van der Waals surface area contributed by atoms with Gasteiger partial charge in [-0.15, -0.1) is 0 Å². The van der Waals surface area contributed by atoms with Crippen molar-refractivity contribution in [3.63, 3.8) is 0 Å². The van der Waals surface area contributed by atoms with E-state index in [-0.39, 0.29) is 31.5 Å². The summed E-state index contributed by atoms with van der Waals surface area (Å²) in [6.45, 7) is 4.76. The lowest BCUT2D eigenvalue weighted by molar-refractivity contribution is -0.141. The van der Waals surface area contributed by atoms with Gasteiger partial charge in [-0.3, -0.25) is 19.1 Å². The van der Waals surface area contributed by atoms with E-state index in [9.17, 15) is 27.6 Å². The SMILES string of the molecule is COc1ccc2c(O[C@@H]3C[C@H]4C(=O)N[C@]5(C(=O)NS(=O)(=O)C6(C)CC6)C[C@H]5/C=C\CCCCC[C@H](NC(=O)N5CCC5)C(=O)N4C3)cc(OC3CC3)nc2c1C. The molecule has 2 aromatic rings. The second kappa shape index (κ2) is 14.7. The molecule has 3 saturated carbocycles. The zero-order valence-electron chi connectivity index (χ0n) is 32.3. The number of sulfonamides is 1. The van der Waals surface area contributed by atoms with Crippen LogP contribution in [0.2, 0.25) is 0 Å². The van der Waals surface area contributed by atoms with Crippen LogP contribution in [-0.2, 0) is 24.4 Å². The van der Waals surface area contributed by atoms with Gasteiger partial charge in [0, 0.05) is 42.4 Å². The maximum Gasteiger partial charge on any atom is 0.318 e. The monoisotopic (exact) mass is 792 g/mol. The maximum absolute atomic E-state index is 14.6. The topological polar surface area (TPSA) is 186 Å². The first kappa shape index (κ1) is 38.3. The number of hydrogen-bond donors (Lipinski definition) is 3. The normalized spacial score (nSPS) is 29.3. The van der Waals surface area contributed by atoms with Crippen LogP contribution in [0.15, 0.2) is 30.4 Å². The van der Waals surface area contributed by atoms with Crippen LogP contribution < -0.4 is 29.6 Å². The molecule has 3 aliphatic heterocycles. The van der Waals surface area contributed by atoms with Gasteiger partial charge in [-0.1, -0.05) is 25.0 Å². The van der Waals surface area contributed by atoms with Crippen molar-refractivity contribution in [1.29, 1.82) is 0 Å². The number of carbonyl (C=O) groups excluding carboxylic acids is 4. The van der Waals surface area contributed by atoms with Crippen molar-refractivity contribution in [3.8, 4) is 17.4 Å². The molecule has 16 heteroatoms. The van der Waals surface area contributed by atoms with Gasteiger partial charge in [0.15, 0.2) is 0 Å². The molecule has 8 rings (SSSR count). The fraction of sp³-hybridized carbons (Fsp3) is 0.625. The molecule has 302 valence electrons. The smallest absolute Gasteiger partial charge is 0.318 e. The van der Waals surface area contributed by atoms with Crippen LogP contribution in [0.25, 0.3) is 10.9 Å². The van der Waals surface area contributed by atoms with Crippen molar-refractivity contribution in [2.24, 2.45) is 5.92 Å². The lowest BCUT2D eigenvalue weighted by Gasteiger charge is -2.34. The molecule has 5 atom stereocenters. The van der Waals surface area contributed by atoms with Crippen molar-refractivity contribution in [1.82, 2.24) is 30.1 Å². The van der Waals surface area contributed by atoms with Gasteiger partial charge < -0.3 is 34.6 Å². The first-order valence-electron chi connectivity index (χ1n) is 20.0. The molecule has 56 heavy (non-hydrogen) atoms. The first-order chi connectivity index (χ1) is 26.8. The van der Waals surface area contributed by atoms with E-state index in [1.807, 2.05) is 31.2 Å². The Hall–Kier alpha value is -4.60. The summed E-state index contributed by atoms with van der Waals surface area (Å²) in [7, 11) is -2.39. The second-order valence-electron chi connectivity index (χ2n) is 16.6. The largest absolute Gasteiger partial charge is 0.496 e. The molecule has 5 amide bonds.